The average Bonchev–Trinajstić information content (AvgIpc) is 2.98. The van der Waals surface area contributed by atoms with Crippen LogP contribution in [0.25, 0.3) is 10.9 Å². The number of benzene rings is 2. The molecule has 0 bridgehead atoms. The van der Waals surface area contributed by atoms with Crippen molar-refractivity contribution in [2.75, 3.05) is 5.32 Å². The van der Waals surface area contributed by atoms with Crippen molar-refractivity contribution < 1.29 is 32.3 Å². The molecule has 2 N–H and O–H groups in total. The number of carboxylic acids is 1. The highest BCUT2D eigenvalue weighted by Crippen LogP contribution is 2.31. The Hall–Kier alpha value is -3.43. The van der Waals surface area contributed by atoms with Crippen LogP contribution in [0.15, 0.2) is 36.4 Å². The van der Waals surface area contributed by atoms with Crippen LogP contribution in [-0.2, 0) is 12.7 Å². The van der Waals surface area contributed by atoms with Crippen LogP contribution in [0.4, 0.5) is 23.2 Å². The van der Waals surface area contributed by atoms with E-state index in [1.165, 1.54) is 22.9 Å². The van der Waals surface area contributed by atoms with Crippen molar-refractivity contribution in [2.45, 2.75) is 19.6 Å². The van der Waals surface area contributed by atoms with Gasteiger partial charge in [0.25, 0.3) is 5.91 Å². The van der Waals surface area contributed by atoms with Gasteiger partial charge in [-0.25, -0.2) is 9.18 Å². The van der Waals surface area contributed by atoms with E-state index in [4.69, 9.17) is 0 Å². The summed E-state index contributed by atoms with van der Waals surface area (Å²) in [6, 6.07) is 5.75. The number of amides is 1. The van der Waals surface area contributed by atoms with Crippen LogP contribution in [0, 0.1) is 5.82 Å². The minimum absolute atomic E-state index is 0.0845. The van der Waals surface area contributed by atoms with Crippen LogP contribution in [0.3, 0.4) is 0 Å². The number of carbonyl (C=O) groups is 2. The van der Waals surface area contributed by atoms with E-state index in [1.54, 1.807) is 6.92 Å². The molecule has 0 unspecified atom stereocenters. The van der Waals surface area contributed by atoms with Gasteiger partial charge in [0.15, 0.2) is 5.69 Å². The van der Waals surface area contributed by atoms with Gasteiger partial charge in [0, 0.05) is 23.2 Å². The van der Waals surface area contributed by atoms with Gasteiger partial charge in [0.2, 0.25) is 0 Å². The number of carbonyl (C=O) groups excluding carboxylic acids is 1. The monoisotopic (exact) mass is 395 g/mol. The van der Waals surface area contributed by atoms with E-state index >= 15 is 0 Å². The van der Waals surface area contributed by atoms with Crippen LogP contribution < -0.4 is 5.32 Å². The molecule has 0 aliphatic carbocycles. The third kappa shape index (κ3) is 3.66. The van der Waals surface area contributed by atoms with E-state index < -0.39 is 35.0 Å². The Labute approximate surface area is 155 Å². The molecule has 1 aromatic heterocycles. The summed E-state index contributed by atoms with van der Waals surface area (Å²) in [7, 11) is 0. The van der Waals surface area contributed by atoms with Gasteiger partial charge in [-0.2, -0.15) is 18.3 Å². The Balaban J connectivity index is 1.97. The molecule has 0 aliphatic heterocycles. The second-order valence-corrected chi connectivity index (χ2v) is 5.88. The molecular weight excluding hydrogens is 382 g/mol. The first-order chi connectivity index (χ1) is 13.1. The van der Waals surface area contributed by atoms with E-state index in [2.05, 4.69) is 10.4 Å². The fourth-order valence-corrected chi connectivity index (χ4v) is 2.75. The van der Waals surface area contributed by atoms with Crippen molar-refractivity contribution in [3.05, 3.63) is 59.0 Å². The molecule has 0 aliphatic rings. The molecule has 0 saturated heterocycles. The Morgan fingerprint density at radius 1 is 1.18 bits per heavy atom. The standard InChI is InChI=1S/C18H13F4N3O3/c1-2-25-15(17(27)28)13-8-12(3-4-14(13)24-25)23-16(26)9-5-10(18(20,21)22)7-11(19)6-9/h3-8H,2H2,1H3,(H,23,26)(H,27,28). The molecule has 6 nitrogen and oxygen atoms in total. The highest BCUT2D eigenvalue weighted by Gasteiger charge is 2.32. The lowest BCUT2D eigenvalue weighted by molar-refractivity contribution is -0.137. The molecule has 0 saturated carbocycles. The molecular formula is C18H13F4N3O3. The Morgan fingerprint density at radius 3 is 2.50 bits per heavy atom. The Bertz CT molecular complexity index is 1090. The molecule has 0 radical (unpaired) electrons. The number of hydrogen-bond acceptors (Lipinski definition) is 3. The van der Waals surface area contributed by atoms with E-state index in [9.17, 15) is 32.3 Å². The topological polar surface area (TPSA) is 84.2 Å². The van der Waals surface area contributed by atoms with Crippen molar-refractivity contribution in [3.8, 4) is 0 Å². The van der Waals surface area contributed by atoms with Gasteiger partial charge in [-0.15, -0.1) is 0 Å². The van der Waals surface area contributed by atoms with Crippen molar-refractivity contribution in [1.29, 1.82) is 0 Å². The van der Waals surface area contributed by atoms with Crippen LogP contribution in [0.5, 0.6) is 0 Å². The minimum atomic E-state index is -4.80. The van der Waals surface area contributed by atoms with Crippen LogP contribution in [-0.4, -0.2) is 26.8 Å². The summed E-state index contributed by atoms with van der Waals surface area (Å²) in [5.74, 6) is -3.38. The largest absolute Gasteiger partial charge is 0.477 e. The molecule has 10 heteroatoms. The van der Waals surface area contributed by atoms with Gasteiger partial charge in [0.1, 0.15) is 5.82 Å². The number of aryl methyl sites for hydroxylation is 1. The summed E-state index contributed by atoms with van der Waals surface area (Å²) >= 11 is 0. The maximum absolute atomic E-state index is 13.5. The SMILES string of the molecule is CCn1nc2ccc(NC(=O)c3cc(F)cc(C(F)(F)F)c3)cc2c1C(=O)O. The lowest BCUT2D eigenvalue weighted by Crippen LogP contribution is -2.14. The van der Waals surface area contributed by atoms with Gasteiger partial charge >= 0.3 is 12.1 Å². The number of fused-ring (bicyclic) bond motifs is 1. The first kappa shape index (κ1) is 19.3. The van der Waals surface area contributed by atoms with Crippen molar-refractivity contribution >= 4 is 28.5 Å². The van der Waals surface area contributed by atoms with Crippen molar-refractivity contribution in [3.63, 3.8) is 0 Å². The summed E-state index contributed by atoms with van der Waals surface area (Å²) in [6.45, 7) is 2.02. The molecule has 28 heavy (non-hydrogen) atoms. The Kier molecular flexibility index (Phi) is 4.80. The molecule has 146 valence electrons. The quantitative estimate of drug-likeness (QED) is 0.650. The summed E-state index contributed by atoms with van der Waals surface area (Å²) in [5, 5.41) is 16.1. The van der Waals surface area contributed by atoms with E-state index in [1.807, 2.05) is 0 Å². The number of nitrogens with one attached hydrogen (secondary N) is 1. The number of anilines is 1. The fourth-order valence-electron chi connectivity index (χ4n) is 2.75. The highest BCUT2D eigenvalue weighted by atomic mass is 19.4. The molecule has 1 heterocycles. The van der Waals surface area contributed by atoms with Gasteiger partial charge < -0.3 is 10.4 Å². The Morgan fingerprint density at radius 2 is 1.89 bits per heavy atom. The number of aromatic carboxylic acids is 1. The van der Waals surface area contributed by atoms with Crippen molar-refractivity contribution in [1.82, 2.24) is 9.78 Å². The van der Waals surface area contributed by atoms with Crippen LogP contribution in [0.1, 0.15) is 33.3 Å². The van der Waals surface area contributed by atoms with E-state index in [0.717, 1.165) is 0 Å². The van der Waals surface area contributed by atoms with Gasteiger partial charge in [-0.3, -0.25) is 9.48 Å². The summed E-state index contributed by atoms with van der Waals surface area (Å²) < 4.78 is 53.2. The smallest absolute Gasteiger partial charge is 0.416 e. The number of alkyl halides is 3. The molecule has 3 aromatic rings. The molecule has 0 spiro atoms. The van der Waals surface area contributed by atoms with Gasteiger partial charge in [-0.1, -0.05) is 0 Å². The second-order valence-electron chi connectivity index (χ2n) is 5.88. The zero-order valence-corrected chi connectivity index (χ0v) is 14.3. The number of aromatic nitrogens is 2. The molecule has 0 atom stereocenters. The number of hydrogen-bond donors (Lipinski definition) is 2. The normalized spacial score (nSPS) is 11.6. The molecule has 1 amide bonds. The zero-order valence-electron chi connectivity index (χ0n) is 14.3. The highest BCUT2D eigenvalue weighted by molar-refractivity contribution is 6.07. The first-order valence-electron chi connectivity index (χ1n) is 8.03. The van der Waals surface area contributed by atoms with Gasteiger partial charge in [-0.05, 0) is 43.3 Å². The second kappa shape index (κ2) is 6.95. The zero-order chi connectivity index (χ0) is 20.6. The predicted octanol–water partition coefficient (Wildman–Crippen LogP) is 4.16. The molecule has 2 aromatic carbocycles. The average molecular weight is 395 g/mol. The van der Waals surface area contributed by atoms with Crippen LogP contribution in [0.2, 0.25) is 0 Å². The minimum Gasteiger partial charge on any atom is -0.477 e. The lowest BCUT2D eigenvalue weighted by atomic mass is 10.1. The predicted molar refractivity (Wildman–Crippen MR) is 91.7 cm³/mol. The third-order valence-electron chi connectivity index (χ3n) is 3.99. The van der Waals surface area contributed by atoms with E-state index in [-0.39, 0.29) is 16.8 Å². The first-order valence-corrected chi connectivity index (χ1v) is 8.03. The van der Waals surface area contributed by atoms with E-state index in [0.29, 0.717) is 30.3 Å². The number of halogens is 4. The molecule has 0 fully saturated rings. The lowest BCUT2D eigenvalue weighted by Gasteiger charge is -2.10. The number of carboxylic acid groups (broad SMARTS) is 1. The maximum Gasteiger partial charge on any atom is 0.416 e. The molecule has 3 rings (SSSR count). The van der Waals surface area contributed by atoms with Crippen LogP contribution >= 0.6 is 0 Å². The maximum atomic E-state index is 13.5. The van der Waals surface area contributed by atoms with Crippen molar-refractivity contribution in [2.24, 2.45) is 0 Å². The summed E-state index contributed by atoms with van der Waals surface area (Å²) in [6.07, 6.45) is -4.80. The summed E-state index contributed by atoms with van der Waals surface area (Å²) in [4.78, 5) is 23.8. The number of nitrogens with zero attached hydrogens (tertiary/aromatic N) is 2. The third-order valence-corrected chi connectivity index (χ3v) is 3.99. The van der Waals surface area contributed by atoms with Gasteiger partial charge in [0.05, 0.1) is 11.1 Å². The summed E-state index contributed by atoms with van der Waals surface area (Å²) in [5.41, 5.74) is -1.38. The number of rotatable bonds is 4. The fraction of sp³-hybridized carbons (Fsp3) is 0.167.